The third kappa shape index (κ3) is 8.04. The number of Topliss-reactive ketones (excluding diaryl/α,β-unsaturated/α-hetero) is 1. The third-order valence-electron chi connectivity index (χ3n) is 4.58. The SMILES string of the molecule is O=C(N[C@@H](CCCSCC(=O)C(F)(F)F)C(=O)NC1CCCC1)c1cccnc1. The predicted molar refractivity (Wildman–Crippen MR) is 104 cm³/mol. The first-order valence-electron chi connectivity index (χ1n) is 9.46. The minimum Gasteiger partial charge on any atom is -0.352 e. The molecule has 2 amide bonds. The number of carbonyl (C=O) groups excluding carboxylic acids is 3. The number of aromatic nitrogens is 1. The minimum absolute atomic E-state index is 0.0825. The second kappa shape index (κ2) is 11.2. The number of nitrogens with zero attached hydrogens (tertiary/aromatic N) is 1. The number of nitrogens with one attached hydrogen (secondary N) is 2. The van der Waals surface area contributed by atoms with Gasteiger partial charge in [0.15, 0.2) is 0 Å². The Bertz CT molecular complexity index is 695. The molecule has 0 radical (unpaired) electrons. The highest BCUT2D eigenvalue weighted by atomic mass is 32.2. The van der Waals surface area contributed by atoms with E-state index in [0.29, 0.717) is 12.0 Å². The van der Waals surface area contributed by atoms with Crippen LogP contribution < -0.4 is 10.6 Å². The zero-order chi connectivity index (χ0) is 21.3. The van der Waals surface area contributed by atoms with E-state index in [1.165, 1.54) is 12.4 Å². The molecule has 1 fully saturated rings. The van der Waals surface area contributed by atoms with Gasteiger partial charge in [-0.3, -0.25) is 19.4 Å². The second-order valence-corrected chi connectivity index (χ2v) is 7.98. The lowest BCUT2D eigenvalue weighted by Crippen LogP contribution is -2.49. The summed E-state index contributed by atoms with van der Waals surface area (Å²) in [5.74, 6) is -2.89. The molecule has 1 heterocycles. The number of hydrogen-bond donors (Lipinski definition) is 2. The van der Waals surface area contributed by atoms with Crippen LogP contribution in [-0.2, 0) is 9.59 Å². The van der Waals surface area contributed by atoms with E-state index in [4.69, 9.17) is 0 Å². The van der Waals surface area contributed by atoms with Crippen molar-refractivity contribution in [1.29, 1.82) is 0 Å². The average Bonchev–Trinajstić information content (AvgIpc) is 3.19. The molecule has 6 nitrogen and oxygen atoms in total. The standard InChI is InChI=1S/C19H24F3N3O3S/c20-19(21,22)16(26)12-29-10-4-8-15(18(28)24-14-6-1-2-7-14)25-17(27)13-5-3-9-23-11-13/h3,5,9,11,14-15H,1-2,4,6-8,10,12H2,(H,24,28)(H,25,27)/t15-/m0/s1. The number of amides is 2. The monoisotopic (exact) mass is 431 g/mol. The highest BCUT2D eigenvalue weighted by Crippen LogP contribution is 2.20. The summed E-state index contributed by atoms with van der Waals surface area (Å²) in [6, 6.07) is 2.46. The van der Waals surface area contributed by atoms with Crippen LogP contribution in [0.15, 0.2) is 24.5 Å². The van der Waals surface area contributed by atoms with E-state index in [1.54, 1.807) is 12.1 Å². The molecule has 0 aromatic carbocycles. The van der Waals surface area contributed by atoms with Gasteiger partial charge in [0.1, 0.15) is 6.04 Å². The second-order valence-electron chi connectivity index (χ2n) is 6.87. The Morgan fingerprint density at radius 1 is 1.24 bits per heavy atom. The molecule has 1 aromatic heterocycles. The zero-order valence-electron chi connectivity index (χ0n) is 15.8. The van der Waals surface area contributed by atoms with Gasteiger partial charge in [-0.2, -0.15) is 24.9 Å². The highest BCUT2D eigenvalue weighted by Gasteiger charge is 2.37. The maximum absolute atomic E-state index is 12.6. The molecule has 1 aromatic rings. The number of alkyl halides is 3. The summed E-state index contributed by atoms with van der Waals surface area (Å²) in [5.41, 5.74) is 0.316. The quantitative estimate of drug-likeness (QED) is 0.556. The fourth-order valence-electron chi connectivity index (χ4n) is 3.02. The van der Waals surface area contributed by atoms with E-state index < -0.39 is 29.7 Å². The van der Waals surface area contributed by atoms with E-state index in [2.05, 4.69) is 15.6 Å². The van der Waals surface area contributed by atoms with Gasteiger partial charge in [0.25, 0.3) is 5.91 Å². The van der Waals surface area contributed by atoms with Crippen molar-refractivity contribution in [3.8, 4) is 0 Å². The van der Waals surface area contributed by atoms with Crippen LogP contribution in [0.5, 0.6) is 0 Å². The maximum Gasteiger partial charge on any atom is 0.450 e. The van der Waals surface area contributed by atoms with Gasteiger partial charge >= 0.3 is 6.18 Å². The normalized spacial score (nSPS) is 15.7. The first-order valence-corrected chi connectivity index (χ1v) is 10.6. The Morgan fingerprint density at radius 2 is 1.97 bits per heavy atom. The van der Waals surface area contributed by atoms with Gasteiger partial charge < -0.3 is 10.6 Å². The topological polar surface area (TPSA) is 88.2 Å². The van der Waals surface area contributed by atoms with Crippen molar-refractivity contribution in [2.75, 3.05) is 11.5 Å². The predicted octanol–water partition coefficient (Wildman–Crippen LogP) is 2.88. The van der Waals surface area contributed by atoms with Crippen LogP contribution in [-0.4, -0.2) is 52.3 Å². The molecule has 2 N–H and O–H groups in total. The number of carbonyl (C=O) groups is 3. The molecule has 0 spiro atoms. The summed E-state index contributed by atoms with van der Waals surface area (Å²) < 4.78 is 36.7. The molecule has 1 aliphatic rings. The van der Waals surface area contributed by atoms with E-state index in [1.807, 2.05) is 0 Å². The van der Waals surface area contributed by atoms with Crippen LogP contribution in [0, 0.1) is 0 Å². The molecule has 29 heavy (non-hydrogen) atoms. The van der Waals surface area contributed by atoms with Gasteiger partial charge in [0.2, 0.25) is 11.7 Å². The first kappa shape index (κ1) is 23.2. The molecule has 0 aliphatic heterocycles. The Labute approximate surface area is 171 Å². The fourth-order valence-corrected chi connectivity index (χ4v) is 3.88. The maximum atomic E-state index is 12.6. The largest absolute Gasteiger partial charge is 0.450 e. The fraction of sp³-hybridized carbons (Fsp3) is 0.579. The summed E-state index contributed by atoms with van der Waals surface area (Å²) in [5, 5.41) is 5.62. The Hall–Kier alpha value is -2.10. The molecule has 2 rings (SSSR count). The average molecular weight is 431 g/mol. The lowest BCUT2D eigenvalue weighted by Gasteiger charge is -2.21. The lowest BCUT2D eigenvalue weighted by molar-refractivity contribution is -0.167. The summed E-state index contributed by atoms with van der Waals surface area (Å²) in [6.07, 6.45) is 2.61. The number of hydrogen-bond acceptors (Lipinski definition) is 5. The lowest BCUT2D eigenvalue weighted by atomic mass is 10.1. The van der Waals surface area contributed by atoms with Gasteiger partial charge in [-0.25, -0.2) is 0 Å². The van der Waals surface area contributed by atoms with Gasteiger partial charge in [-0.15, -0.1) is 0 Å². The Morgan fingerprint density at radius 3 is 2.59 bits per heavy atom. The molecule has 160 valence electrons. The smallest absolute Gasteiger partial charge is 0.352 e. The molecule has 1 atom stereocenters. The summed E-state index contributed by atoms with van der Waals surface area (Å²) in [6.45, 7) is 0. The van der Waals surface area contributed by atoms with E-state index >= 15 is 0 Å². The molecular formula is C19H24F3N3O3S. The molecule has 0 saturated heterocycles. The van der Waals surface area contributed by atoms with Crippen LogP contribution in [0.3, 0.4) is 0 Å². The number of thioether (sulfide) groups is 1. The number of rotatable bonds is 10. The number of halogens is 3. The van der Waals surface area contributed by atoms with Gasteiger partial charge in [-0.1, -0.05) is 12.8 Å². The summed E-state index contributed by atoms with van der Waals surface area (Å²) in [7, 11) is 0. The van der Waals surface area contributed by atoms with Crippen LogP contribution in [0.4, 0.5) is 13.2 Å². The molecule has 1 saturated carbocycles. The first-order chi connectivity index (χ1) is 13.8. The molecule has 10 heteroatoms. The number of ketones is 1. The van der Waals surface area contributed by atoms with E-state index in [9.17, 15) is 27.6 Å². The van der Waals surface area contributed by atoms with Gasteiger partial charge in [0, 0.05) is 18.4 Å². The van der Waals surface area contributed by atoms with Crippen molar-refractivity contribution in [2.24, 2.45) is 0 Å². The third-order valence-corrected chi connectivity index (χ3v) is 5.62. The van der Waals surface area contributed by atoms with Gasteiger partial charge in [-0.05, 0) is 43.6 Å². The Balaban J connectivity index is 1.87. The summed E-state index contributed by atoms with van der Waals surface area (Å²) >= 11 is 0.866. The highest BCUT2D eigenvalue weighted by molar-refractivity contribution is 7.99. The van der Waals surface area contributed by atoms with Crippen molar-refractivity contribution < 1.29 is 27.6 Å². The van der Waals surface area contributed by atoms with Crippen molar-refractivity contribution in [3.05, 3.63) is 30.1 Å². The number of pyridine rings is 1. The van der Waals surface area contributed by atoms with Crippen LogP contribution >= 0.6 is 11.8 Å². The molecule has 0 bridgehead atoms. The van der Waals surface area contributed by atoms with Crippen LogP contribution in [0.1, 0.15) is 48.9 Å². The minimum atomic E-state index is -4.83. The molecule has 1 aliphatic carbocycles. The van der Waals surface area contributed by atoms with Gasteiger partial charge in [0.05, 0.1) is 11.3 Å². The molecular weight excluding hydrogens is 407 g/mol. The van der Waals surface area contributed by atoms with Crippen LogP contribution in [0.2, 0.25) is 0 Å². The van der Waals surface area contributed by atoms with Crippen molar-refractivity contribution in [1.82, 2.24) is 15.6 Å². The van der Waals surface area contributed by atoms with E-state index in [-0.39, 0.29) is 24.1 Å². The summed E-state index contributed by atoms with van der Waals surface area (Å²) in [4.78, 5) is 39.8. The van der Waals surface area contributed by atoms with Crippen molar-refractivity contribution >= 4 is 29.4 Å². The van der Waals surface area contributed by atoms with E-state index in [0.717, 1.165) is 37.4 Å². The van der Waals surface area contributed by atoms with Crippen LogP contribution in [0.25, 0.3) is 0 Å². The zero-order valence-corrected chi connectivity index (χ0v) is 16.7. The Kier molecular flexibility index (Phi) is 8.94. The van der Waals surface area contributed by atoms with Crippen molar-refractivity contribution in [3.63, 3.8) is 0 Å². The van der Waals surface area contributed by atoms with Crippen molar-refractivity contribution in [2.45, 2.75) is 56.8 Å². The molecule has 0 unspecified atom stereocenters.